The standard InChI is InChI=1S/C15H25ClN4O/c1-10(2)6-8-21-9-7-20-14(11(3)16)17-13-12(4)18-19(5)15(13)20/h10-11H,6-9H2,1-5H3. The summed E-state index contributed by atoms with van der Waals surface area (Å²) in [5.41, 5.74) is 2.88. The molecule has 21 heavy (non-hydrogen) atoms. The van der Waals surface area contributed by atoms with Crippen molar-refractivity contribution in [1.82, 2.24) is 19.3 Å². The highest BCUT2D eigenvalue weighted by atomic mass is 35.5. The Labute approximate surface area is 131 Å². The number of aryl methyl sites for hydroxylation is 2. The van der Waals surface area contributed by atoms with Crippen LogP contribution in [0.15, 0.2) is 0 Å². The first-order chi connectivity index (χ1) is 9.91. The van der Waals surface area contributed by atoms with Crippen LogP contribution >= 0.6 is 11.6 Å². The predicted octanol–water partition coefficient (Wildman–Crippen LogP) is 3.44. The van der Waals surface area contributed by atoms with Crippen LogP contribution < -0.4 is 0 Å². The Hall–Kier alpha value is -1.07. The number of hydrogen-bond donors (Lipinski definition) is 0. The third-order valence-electron chi connectivity index (χ3n) is 3.57. The van der Waals surface area contributed by atoms with E-state index in [1.807, 2.05) is 25.6 Å². The van der Waals surface area contributed by atoms with Gasteiger partial charge in [-0.15, -0.1) is 11.6 Å². The Morgan fingerprint density at radius 1 is 1.24 bits per heavy atom. The van der Waals surface area contributed by atoms with Crippen LogP contribution in [0.3, 0.4) is 0 Å². The van der Waals surface area contributed by atoms with Crippen LogP contribution in [0, 0.1) is 12.8 Å². The molecular weight excluding hydrogens is 288 g/mol. The van der Waals surface area contributed by atoms with Crippen LogP contribution in [0.25, 0.3) is 11.2 Å². The van der Waals surface area contributed by atoms with Crippen molar-refractivity contribution >= 4 is 22.8 Å². The van der Waals surface area contributed by atoms with E-state index in [4.69, 9.17) is 16.3 Å². The molecule has 118 valence electrons. The average Bonchev–Trinajstić information content (AvgIpc) is 2.89. The second-order valence-corrected chi connectivity index (χ2v) is 6.57. The van der Waals surface area contributed by atoms with Gasteiger partial charge in [0.2, 0.25) is 0 Å². The normalized spacial score (nSPS) is 13.5. The number of aromatic nitrogens is 4. The molecule has 0 N–H and O–H groups in total. The molecule has 2 heterocycles. The van der Waals surface area contributed by atoms with Gasteiger partial charge in [0.1, 0.15) is 11.3 Å². The minimum atomic E-state index is -0.132. The van der Waals surface area contributed by atoms with E-state index in [1.165, 1.54) is 0 Å². The summed E-state index contributed by atoms with van der Waals surface area (Å²) in [5.74, 6) is 1.55. The lowest BCUT2D eigenvalue weighted by Gasteiger charge is -2.12. The molecule has 1 unspecified atom stereocenters. The van der Waals surface area contributed by atoms with E-state index < -0.39 is 0 Å². The molecule has 0 fully saturated rings. The van der Waals surface area contributed by atoms with Crippen molar-refractivity contribution in [3.8, 4) is 0 Å². The Morgan fingerprint density at radius 3 is 2.57 bits per heavy atom. The Kier molecular flexibility index (Phi) is 5.27. The third-order valence-corrected chi connectivity index (χ3v) is 3.77. The smallest absolute Gasteiger partial charge is 0.158 e. The van der Waals surface area contributed by atoms with Crippen LogP contribution in [-0.4, -0.2) is 32.5 Å². The van der Waals surface area contributed by atoms with E-state index in [2.05, 4.69) is 28.5 Å². The highest BCUT2D eigenvalue weighted by Gasteiger charge is 2.19. The van der Waals surface area contributed by atoms with E-state index >= 15 is 0 Å². The highest BCUT2D eigenvalue weighted by Crippen LogP contribution is 2.25. The van der Waals surface area contributed by atoms with E-state index in [0.29, 0.717) is 12.5 Å². The van der Waals surface area contributed by atoms with Crippen molar-refractivity contribution in [3.63, 3.8) is 0 Å². The third kappa shape index (κ3) is 3.58. The lowest BCUT2D eigenvalue weighted by Crippen LogP contribution is -2.13. The molecule has 2 aromatic rings. The first kappa shape index (κ1) is 16.3. The van der Waals surface area contributed by atoms with Crippen LogP contribution in [0.2, 0.25) is 0 Å². The quantitative estimate of drug-likeness (QED) is 0.581. The highest BCUT2D eigenvalue weighted by molar-refractivity contribution is 6.20. The summed E-state index contributed by atoms with van der Waals surface area (Å²) in [6, 6.07) is 0. The molecule has 0 aliphatic rings. The van der Waals surface area contributed by atoms with E-state index in [0.717, 1.165) is 42.3 Å². The second-order valence-electron chi connectivity index (χ2n) is 5.91. The summed E-state index contributed by atoms with van der Waals surface area (Å²) in [4.78, 5) is 4.65. The van der Waals surface area contributed by atoms with Gasteiger partial charge in [0, 0.05) is 20.2 Å². The van der Waals surface area contributed by atoms with Gasteiger partial charge < -0.3 is 9.30 Å². The van der Waals surface area contributed by atoms with Gasteiger partial charge in [-0.25, -0.2) is 4.98 Å². The zero-order chi connectivity index (χ0) is 15.6. The zero-order valence-corrected chi connectivity index (χ0v) is 14.3. The predicted molar refractivity (Wildman–Crippen MR) is 85.8 cm³/mol. The van der Waals surface area contributed by atoms with E-state index in [-0.39, 0.29) is 5.38 Å². The van der Waals surface area contributed by atoms with E-state index in [9.17, 15) is 0 Å². The molecule has 0 spiro atoms. The largest absolute Gasteiger partial charge is 0.380 e. The topological polar surface area (TPSA) is 44.9 Å². The molecule has 0 saturated carbocycles. The average molecular weight is 313 g/mol. The van der Waals surface area contributed by atoms with Crippen molar-refractivity contribution in [1.29, 1.82) is 0 Å². The van der Waals surface area contributed by atoms with E-state index in [1.54, 1.807) is 0 Å². The van der Waals surface area contributed by atoms with Crippen molar-refractivity contribution in [2.75, 3.05) is 13.2 Å². The molecule has 2 rings (SSSR count). The van der Waals surface area contributed by atoms with Gasteiger partial charge in [0.15, 0.2) is 5.65 Å². The van der Waals surface area contributed by atoms with Gasteiger partial charge in [0.25, 0.3) is 0 Å². The van der Waals surface area contributed by atoms with Gasteiger partial charge in [-0.3, -0.25) is 4.68 Å². The fourth-order valence-electron chi connectivity index (χ4n) is 2.45. The summed E-state index contributed by atoms with van der Waals surface area (Å²) in [5, 5.41) is 4.30. The van der Waals surface area contributed by atoms with Crippen LogP contribution in [-0.2, 0) is 18.3 Å². The Morgan fingerprint density at radius 2 is 1.95 bits per heavy atom. The number of nitrogens with zero attached hydrogens (tertiary/aromatic N) is 4. The number of halogens is 1. The van der Waals surface area contributed by atoms with Gasteiger partial charge in [-0.2, -0.15) is 5.10 Å². The minimum absolute atomic E-state index is 0.132. The monoisotopic (exact) mass is 312 g/mol. The summed E-state index contributed by atoms with van der Waals surface area (Å²) >= 11 is 6.27. The van der Waals surface area contributed by atoms with Crippen molar-refractivity contribution in [3.05, 3.63) is 11.5 Å². The van der Waals surface area contributed by atoms with Gasteiger partial charge in [0.05, 0.1) is 17.7 Å². The maximum atomic E-state index is 6.27. The molecule has 0 radical (unpaired) electrons. The van der Waals surface area contributed by atoms with Gasteiger partial charge in [-0.1, -0.05) is 13.8 Å². The number of fused-ring (bicyclic) bond motifs is 1. The fraction of sp³-hybridized carbons (Fsp3) is 0.733. The van der Waals surface area contributed by atoms with Crippen LogP contribution in [0.1, 0.15) is 44.1 Å². The molecule has 1 atom stereocenters. The number of alkyl halides is 1. The molecule has 0 amide bonds. The van der Waals surface area contributed by atoms with Gasteiger partial charge in [-0.05, 0) is 26.2 Å². The molecule has 5 nitrogen and oxygen atoms in total. The summed E-state index contributed by atoms with van der Waals surface area (Å²) in [7, 11) is 1.94. The Balaban J connectivity index is 2.15. The van der Waals surface area contributed by atoms with Crippen molar-refractivity contribution in [2.45, 2.75) is 46.0 Å². The van der Waals surface area contributed by atoms with Gasteiger partial charge >= 0.3 is 0 Å². The van der Waals surface area contributed by atoms with Crippen molar-refractivity contribution in [2.24, 2.45) is 13.0 Å². The number of hydrogen-bond acceptors (Lipinski definition) is 3. The molecule has 0 bridgehead atoms. The number of rotatable bonds is 7. The molecular formula is C15H25ClN4O. The SMILES string of the molecule is Cc1nn(C)c2c1nc(C(C)Cl)n2CCOCCC(C)C. The van der Waals surface area contributed by atoms with Crippen molar-refractivity contribution < 1.29 is 4.74 Å². The molecule has 0 saturated heterocycles. The summed E-state index contributed by atoms with van der Waals surface area (Å²) in [6.07, 6.45) is 1.09. The maximum Gasteiger partial charge on any atom is 0.158 e. The molecule has 0 aromatic carbocycles. The molecule has 0 aliphatic carbocycles. The first-order valence-corrected chi connectivity index (χ1v) is 7.97. The molecule has 6 heteroatoms. The zero-order valence-electron chi connectivity index (χ0n) is 13.6. The second kappa shape index (κ2) is 6.79. The number of ether oxygens (including phenoxy) is 1. The summed E-state index contributed by atoms with van der Waals surface area (Å²) < 4.78 is 9.72. The summed E-state index contributed by atoms with van der Waals surface area (Å²) in [6.45, 7) is 10.5. The maximum absolute atomic E-state index is 6.27. The number of imidazole rings is 1. The molecule has 2 aromatic heterocycles. The van der Waals surface area contributed by atoms with Crippen LogP contribution in [0.4, 0.5) is 0 Å². The Bertz CT molecular complexity index is 600. The molecule has 0 aliphatic heterocycles. The fourth-order valence-corrected chi connectivity index (χ4v) is 2.62. The first-order valence-electron chi connectivity index (χ1n) is 7.53. The lowest BCUT2D eigenvalue weighted by molar-refractivity contribution is 0.116. The minimum Gasteiger partial charge on any atom is -0.380 e. The van der Waals surface area contributed by atoms with Crippen LogP contribution in [0.5, 0.6) is 0 Å². The lowest BCUT2D eigenvalue weighted by atomic mass is 10.1.